The van der Waals surface area contributed by atoms with E-state index in [1.165, 1.54) is 0 Å². The maximum Gasteiger partial charge on any atom is 0.163 e. The van der Waals surface area contributed by atoms with Crippen LogP contribution >= 0.6 is 0 Å². The Kier molecular flexibility index (Phi) is 4.31. The fraction of sp³-hybridized carbons (Fsp3) is 0.571. The van der Waals surface area contributed by atoms with Crippen LogP contribution in [0.15, 0.2) is 12.1 Å². The van der Waals surface area contributed by atoms with E-state index in [9.17, 15) is 0 Å². The van der Waals surface area contributed by atoms with Crippen LogP contribution in [0.2, 0.25) is 0 Å². The van der Waals surface area contributed by atoms with Gasteiger partial charge in [0.2, 0.25) is 0 Å². The largest absolute Gasteiger partial charge is 0.486 e. The van der Waals surface area contributed by atoms with Crippen LogP contribution in [-0.2, 0) is 6.54 Å². The van der Waals surface area contributed by atoms with Crippen molar-refractivity contribution in [2.45, 2.75) is 26.8 Å². The molecule has 0 atom stereocenters. The number of hydrogen-bond donors (Lipinski definition) is 1. The molecule has 100 valence electrons. The van der Waals surface area contributed by atoms with E-state index in [2.05, 4.69) is 18.7 Å². The second-order valence-corrected chi connectivity index (χ2v) is 4.56. The highest BCUT2D eigenvalue weighted by atomic mass is 16.6. The van der Waals surface area contributed by atoms with Gasteiger partial charge in [0.25, 0.3) is 0 Å². The molecule has 0 radical (unpaired) electrons. The molecule has 0 amide bonds. The molecule has 18 heavy (non-hydrogen) atoms. The lowest BCUT2D eigenvalue weighted by Crippen LogP contribution is -2.24. The van der Waals surface area contributed by atoms with Crippen molar-refractivity contribution in [1.82, 2.24) is 4.90 Å². The second-order valence-electron chi connectivity index (χ2n) is 4.56. The zero-order valence-electron chi connectivity index (χ0n) is 11.2. The molecule has 0 spiro atoms. The minimum absolute atomic E-state index is 0.600. The van der Waals surface area contributed by atoms with Crippen molar-refractivity contribution < 1.29 is 9.47 Å². The molecule has 4 nitrogen and oxygen atoms in total. The maximum absolute atomic E-state index is 6.08. The summed E-state index contributed by atoms with van der Waals surface area (Å²) in [5, 5.41) is 0. The molecule has 1 aliphatic rings. The van der Waals surface area contributed by atoms with E-state index >= 15 is 0 Å². The topological polar surface area (TPSA) is 47.7 Å². The number of benzene rings is 1. The van der Waals surface area contributed by atoms with Crippen molar-refractivity contribution in [3.63, 3.8) is 0 Å². The van der Waals surface area contributed by atoms with Crippen LogP contribution < -0.4 is 15.2 Å². The molecule has 0 unspecified atom stereocenters. The molecule has 0 fully saturated rings. The molecule has 0 saturated carbocycles. The summed E-state index contributed by atoms with van der Waals surface area (Å²) < 4.78 is 11.1. The number of nitrogens with two attached hydrogens (primary N) is 1. The first-order chi connectivity index (χ1) is 8.74. The molecule has 1 aromatic carbocycles. The van der Waals surface area contributed by atoms with Gasteiger partial charge in [-0.3, -0.25) is 4.90 Å². The molecular weight excluding hydrogens is 228 g/mol. The second kappa shape index (κ2) is 5.96. The van der Waals surface area contributed by atoms with E-state index < -0.39 is 0 Å². The Morgan fingerprint density at radius 2 is 1.83 bits per heavy atom. The lowest BCUT2D eigenvalue weighted by atomic mass is 10.1. The third-order valence-electron chi connectivity index (χ3n) is 3.19. The third-order valence-corrected chi connectivity index (χ3v) is 3.19. The molecule has 2 N–H and O–H groups in total. The number of ether oxygens (including phenoxy) is 2. The van der Waals surface area contributed by atoms with Crippen LogP contribution in [0.25, 0.3) is 0 Å². The Morgan fingerprint density at radius 3 is 2.44 bits per heavy atom. The van der Waals surface area contributed by atoms with Crippen molar-refractivity contribution in [2.75, 3.05) is 32.0 Å². The van der Waals surface area contributed by atoms with E-state index in [4.69, 9.17) is 15.2 Å². The van der Waals surface area contributed by atoms with Crippen molar-refractivity contribution in [3.05, 3.63) is 17.7 Å². The van der Waals surface area contributed by atoms with Gasteiger partial charge in [0, 0.05) is 18.3 Å². The lowest BCUT2D eigenvalue weighted by molar-refractivity contribution is 0.171. The molecule has 2 rings (SSSR count). The van der Waals surface area contributed by atoms with E-state index in [0.29, 0.717) is 13.2 Å². The number of nitrogen functional groups attached to an aromatic ring is 1. The average Bonchev–Trinajstić information content (AvgIpc) is 2.39. The van der Waals surface area contributed by atoms with E-state index in [1.807, 2.05) is 12.1 Å². The van der Waals surface area contributed by atoms with Gasteiger partial charge >= 0.3 is 0 Å². The minimum atomic E-state index is 0.600. The summed E-state index contributed by atoms with van der Waals surface area (Å²) >= 11 is 0. The molecule has 1 aromatic rings. The van der Waals surface area contributed by atoms with Crippen molar-refractivity contribution in [1.29, 1.82) is 0 Å². The SMILES string of the molecule is CCCN(CC)Cc1cc2c(cc1N)OCCO2. The van der Waals surface area contributed by atoms with Crippen LogP contribution in [0, 0.1) is 0 Å². The smallest absolute Gasteiger partial charge is 0.163 e. The molecule has 4 heteroatoms. The molecule has 0 aromatic heterocycles. The quantitative estimate of drug-likeness (QED) is 0.814. The summed E-state index contributed by atoms with van der Waals surface area (Å²) in [4.78, 5) is 2.38. The number of anilines is 1. The van der Waals surface area contributed by atoms with Crippen LogP contribution in [0.3, 0.4) is 0 Å². The summed E-state index contributed by atoms with van der Waals surface area (Å²) in [6.45, 7) is 8.56. The number of nitrogens with zero attached hydrogens (tertiary/aromatic N) is 1. The summed E-state index contributed by atoms with van der Waals surface area (Å²) in [5.41, 5.74) is 7.99. The van der Waals surface area contributed by atoms with Gasteiger partial charge in [0.1, 0.15) is 13.2 Å². The standard InChI is InChI=1S/C14H22N2O2/c1-3-5-16(4-2)10-11-8-13-14(9-12(11)15)18-7-6-17-13/h8-9H,3-7,10,15H2,1-2H3. The van der Waals surface area contributed by atoms with Gasteiger partial charge in [-0.1, -0.05) is 13.8 Å². The summed E-state index contributed by atoms with van der Waals surface area (Å²) in [7, 11) is 0. The molecule has 0 bridgehead atoms. The Bertz CT molecular complexity index is 407. The van der Waals surface area contributed by atoms with Crippen molar-refractivity contribution in [3.8, 4) is 11.5 Å². The fourth-order valence-electron chi connectivity index (χ4n) is 2.19. The highest BCUT2D eigenvalue weighted by Crippen LogP contribution is 2.34. The van der Waals surface area contributed by atoms with Gasteiger partial charge < -0.3 is 15.2 Å². The summed E-state index contributed by atoms with van der Waals surface area (Å²) in [6.07, 6.45) is 1.15. The lowest BCUT2D eigenvalue weighted by Gasteiger charge is -2.23. The summed E-state index contributed by atoms with van der Waals surface area (Å²) in [6, 6.07) is 3.89. The monoisotopic (exact) mass is 250 g/mol. The fourth-order valence-corrected chi connectivity index (χ4v) is 2.19. The Balaban J connectivity index is 2.17. The Labute approximate surface area is 109 Å². The van der Waals surface area contributed by atoms with E-state index in [1.54, 1.807) is 0 Å². The van der Waals surface area contributed by atoms with Gasteiger partial charge in [-0.25, -0.2) is 0 Å². The van der Waals surface area contributed by atoms with Crippen molar-refractivity contribution in [2.24, 2.45) is 0 Å². The number of fused-ring (bicyclic) bond motifs is 1. The van der Waals surface area contributed by atoms with Crippen LogP contribution in [0.4, 0.5) is 5.69 Å². The predicted octanol–water partition coefficient (Wildman–Crippen LogP) is 2.27. The first-order valence-corrected chi connectivity index (χ1v) is 6.65. The average molecular weight is 250 g/mol. The molecular formula is C14H22N2O2. The van der Waals surface area contributed by atoms with Gasteiger partial charge in [-0.2, -0.15) is 0 Å². The number of rotatable bonds is 5. The first-order valence-electron chi connectivity index (χ1n) is 6.65. The number of hydrogen-bond acceptors (Lipinski definition) is 4. The zero-order chi connectivity index (χ0) is 13.0. The highest BCUT2D eigenvalue weighted by molar-refractivity contribution is 5.58. The molecule has 1 heterocycles. The van der Waals surface area contributed by atoms with Crippen LogP contribution in [-0.4, -0.2) is 31.2 Å². The first kappa shape index (κ1) is 13.0. The minimum Gasteiger partial charge on any atom is -0.486 e. The van der Waals surface area contributed by atoms with Crippen LogP contribution in [0.5, 0.6) is 11.5 Å². The maximum atomic E-state index is 6.08. The Hall–Kier alpha value is -1.42. The van der Waals surface area contributed by atoms with Gasteiger partial charge in [-0.15, -0.1) is 0 Å². The van der Waals surface area contributed by atoms with Crippen LogP contribution in [0.1, 0.15) is 25.8 Å². The molecule has 1 aliphatic heterocycles. The zero-order valence-corrected chi connectivity index (χ0v) is 11.2. The van der Waals surface area contributed by atoms with E-state index in [0.717, 1.165) is 48.8 Å². The highest BCUT2D eigenvalue weighted by Gasteiger charge is 2.15. The predicted molar refractivity (Wildman–Crippen MR) is 73.1 cm³/mol. The van der Waals surface area contributed by atoms with E-state index in [-0.39, 0.29) is 0 Å². The van der Waals surface area contributed by atoms with Gasteiger partial charge in [-0.05, 0) is 31.1 Å². The van der Waals surface area contributed by atoms with Gasteiger partial charge in [0.05, 0.1) is 0 Å². The van der Waals surface area contributed by atoms with Gasteiger partial charge in [0.15, 0.2) is 11.5 Å². The normalized spacial score (nSPS) is 13.9. The van der Waals surface area contributed by atoms with Crippen molar-refractivity contribution >= 4 is 5.69 Å². The Morgan fingerprint density at radius 1 is 1.17 bits per heavy atom. The third kappa shape index (κ3) is 2.88. The molecule has 0 saturated heterocycles. The summed E-state index contributed by atoms with van der Waals surface area (Å²) in [5.74, 6) is 1.58. The molecule has 0 aliphatic carbocycles.